The van der Waals surface area contributed by atoms with Crippen LogP contribution in [0.15, 0.2) is 53.5 Å². The van der Waals surface area contributed by atoms with E-state index in [2.05, 4.69) is 22.4 Å². The molecule has 1 aliphatic carbocycles. The maximum absolute atomic E-state index is 13.6. The summed E-state index contributed by atoms with van der Waals surface area (Å²) in [7, 11) is 0. The molecule has 1 spiro atoms. The van der Waals surface area contributed by atoms with Crippen molar-refractivity contribution in [2.75, 3.05) is 0 Å². The minimum Gasteiger partial charge on any atom is -0.479 e. The van der Waals surface area contributed by atoms with E-state index in [1.165, 1.54) is 0 Å². The van der Waals surface area contributed by atoms with E-state index in [4.69, 9.17) is 9.73 Å². The number of rotatable bonds is 9. The number of aliphatic hydroxyl groups is 3. The van der Waals surface area contributed by atoms with Crippen LogP contribution in [0.2, 0.25) is 0 Å². The van der Waals surface area contributed by atoms with Gasteiger partial charge in [-0.15, -0.1) is 5.10 Å². The first-order chi connectivity index (χ1) is 21.2. The van der Waals surface area contributed by atoms with Crippen LogP contribution in [-0.2, 0) is 20.9 Å². The van der Waals surface area contributed by atoms with Crippen molar-refractivity contribution in [3.05, 3.63) is 54.1 Å². The number of nitrogens with zero attached hydrogens (tertiary/aromatic N) is 6. The number of carbonyl (C=O) groups is 2. The van der Waals surface area contributed by atoms with Gasteiger partial charge in [-0.05, 0) is 46.4 Å². The third-order valence-corrected chi connectivity index (χ3v) is 8.82. The molecule has 0 unspecified atom stereocenters. The number of carboxylic acid groups (broad SMARTS) is 1. The number of amides is 1. The highest BCUT2D eigenvalue weighted by atomic mass is 16.6. The maximum Gasteiger partial charge on any atom is 0.335 e. The molecule has 2 aliphatic heterocycles. The van der Waals surface area contributed by atoms with E-state index in [1.54, 1.807) is 12.1 Å². The van der Waals surface area contributed by atoms with E-state index in [0.29, 0.717) is 12.1 Å². The van der Waals surface area contributed by atoms with E-state index in [0.717, 1.165) is 72.2 Å². The van der Waals surface area contributed by atoms with Gasteiger partial charge in [-0.2, -0.15) is 4.68 Å². The molecule has 1 saturated heterocycles. The van der Waals surface area contributed by atoms with Gasteiger partial charge in [-0.3, -0.25) is 14.7 Å². The van der Waals surface area contributed by atoms with Gasteiger partial charge >= 0.3 is 5.97 Å². The van der Waals surface area contributed by atoms with Gasteiger partial charge in [0.25, 0.3) is 5.91 Å². The van der Waals surface area contributed by atoms with Crippen molar-refractivity contribution in [2.24, 2.45) is 4.99 Å². The van der Waals surface area contributed by atoms with Crippen LogP contribution in [0.5, 0.6) is 0 Å². The Kier molecular flexibility index (Phi) is 8.29. The zero-order valence-corrected chi connectivity index (χ0v) is 24.4. The Hall–Kier alpha value is -4.04. The van der Waals surface area contributed by atoms with Crippen LogP contribution in [-0.4, -0.2) is 93.2 Å². The van der Waals surface area contributed by atoms with Crippen LogP contribution < -0.4 is 0 Å². The van der Waals surface area contributed by atoms with Crippen LogP contribution in [0.3, 0.4) is 0 Å². The summed E-state index contributed by atoms with van der Waals surface area (Å²) in [5.41, 5.74) is 2.54. The topological polar surface area (TPSA) is 183 Å². The average molecular weight is 605 g/mol. The van der Waals surface area contributed by atoms with Crippen molar-refractivity contribution in [1.29, 1.82) is 0 Å². The number of ether oxygens (including phenoxy) is 1. The number of aliphatic hydroxyl groups excluding tert-OH is 3. The number of benzene rings is 2. The summed E-state index contributed by atoms with van der Waals surface area (Å²) in [6.07, 6.45) is -2.13. The van der Waals surface area contributed by atoms with Gasteiger partial charge in [-0.1, -0.05) is 74.7 Å². The van der Waals surface area contributed by atoms with Crippen molar-refractivity contribution in [1.82, 2.24) is 25.1 Å². The molecule has 1 amide bonds. The molecule has 2 aromatic carbocycles. The van der Waals surface area contributed by atoms with Crippen LogP contribution in [0, 0.1) is 0 Å². The van der Waals surface area contributed by atoms with E-state index in [-0.39, 0.29) is 11.7 Å². The minimum atomic E-state index is -1.84. The molecule has 3 aromatic rings. The number of amidine groups is 1. The van der Waals surface area contributed by atoms with Crippen LogP contribution >= 0.6 is 0 Å². The predicted molar refractivity (Wildman–Crippen MR) is 157 cm³/mol. The molecule has 3 aliphatic rings. The summed E-state index contributed by atoms with van der Waals surface area (Å²) >= 11 is 0. The fraction of sp³-hybridized carbons (Fsp3) is 0.484. The number of carboxylic acids is 1. The normalized spacial score (nSPS) is 26.4. The number of carbonyl (C=O) groups excluding carboxylic acids is 1. The largest absolute Gasteiger partial charge is 0.479 e. The number of aliphatic imine (C=N–C) groups is 1. The first-order valence-electron chi connectivity index (χ1n) is 15.0. The molecular formula is C31H36N6O7. The summed E-state index contributed by atoms with van der Waals surface area (Å²) < 4.78 is 6.58. The Morgan fingerprint density at radius 3 is 2.39 bits per heavy atom. The van der Waals surface area contributed by atoms with Gasteiger partial charge in [0.05, 0.1) is 6.54 Å². The molecule has 2 fully saturated rings. The molecular weight excluding hydrogens is 568 g/mol. The summed E-state index contributed by atoms with van der Waals surface area (Å²) in [5, 5.41) is 52.3. The highest BCUT2D eigenvalue weighted by Crippen LogP contribution is 2.40. The second-order valence-corrected chi connectivity index (χ2v) is 11.7. The monoisotopic (exact) mass is 604 g/mol. The molecule has 232 valence electrons. The van der Waals surface area contributed by atoms with Crippen molar-refractivity contribution in [2.45, 2.75) is 94.6 Å². The van der Waals surface area contributed by atoms with Gasteiger partial charge in [0.15, 0.2) is 18.2 Å². The Bertz CT molecular complexity index is 1550. The zero-order chi connectivity index (χ0) is 31.0. The third kappa shape index (κ3) is 5.30. The third-order valence-electron chi connectivity index (χ3n) is 8.82. The fourth-order valence-corrected chi connectivity index (χ4v) is 6.41. The lowest BCUT2D eigenvalue weighted by molar-refractivity contribution is -0.249. The molecule has 3 heterocycles. The Morgan fingerprint density at radius 2 is 1.70 bits per heavy atom. The number of aliphatic carboxylic acids is 1. The first-order valence-corrected chi connectivity index (χ1v) is 15.0. The van der Waals surface area contributed by atoms with E-state index >= 15 is 0 Å². The minimum absolute atomic E-state index is 0.109. The average Bonchev–Trinajstić information content (AvgIpc) is 3.77. The number of hydrogen-bond acceptors (Lipinski definition) is 10. The standard InChI is InChI=1S/C31H36N6O7/c1-2-3-10-22-32-31(15-6-7-16-31)30(43)36(22)17-18-11-13-19(14-12-18)20-8-4-5-9-21(20)27-33-34-35-37(27)28-25(40)23(38)24(39)26(44-28)29(41)42/h4-5,8-9,11-14,23-26,28,38-40H,2-3,6-7,10,15-17H2,1H3,(H,41,42)/t23-,24-,25+,26-,28+/m0/s1. The molecule has 0 radical (unpaired) electrons. The molecule has 44 heavy (non-hydrogen) atoms. The van der Waals surface area contributed by atoms with E-state index in [9.17, 15) is 30.0 Å². The molecule has 1 saturated carbocycles. The molecule has 1 aromatic heterocycles. The highest BCUT2D eigenvalue weighted by Gasteiger charge is 2.50. The number of tetrazole rings is 1. The van der Waals surface area contributed by atoms with Gasteiger partial charge in [0.1, 0.15) is 29.7 Å². The fourth-order valence-electron chi connectivity index (χ4n) is 6.41. The Morgan fingerprint density at radius 1 is 1.00 bits per heavy atom. The summed E-state index contributed by atoms with van der Waals surface area (Å²) in [5.74, 6) is -0.337. The van der Waals surface area contributed by atoms with Crippen molar-refractivity contribution < 1.29 is 34.8 Å². The lowest BCUT2D eigenvalue weighted by Crippen LogP contribution is -2.58. The quantitative estimate of drug-likeness (QED) is 0.283. The molecule has 13 nitrogen and oxygen atoms in total. The predicted octanol–water partition coefficient (Wildman–Crippen LogP) is 2.32. The molecule has 0 bridgehead atoms. The SMILES string of the molecule is CCCCC1=NC2(CCCC2)C(=O)N1Cc1ccc(-c2ccccc2-c2nnnn2[C@@H]2O[C@H](C(=O)O)[C@@H](O)[C@H](O)[C@H]2O)cc1. The highest BCUT2D eigenvalue weighted by molar-refractivity contribution is 6.08. The molecule has 6 rings (SSSR count). The maximum atomic E-state index is 13.6. The Balaban J connectivity index is 1.26. The number of aromatic nitrogens is 4. The van der Waals surface area contributed by atoms with E-state index in [1.807, 2.05) is 41.3 Å². The second-order valence-electron chi connectivity index (χ2n) is 11.7. The van der Waals surface area contributed by atoms with Crippen LogP contribution in [0.4, 0.5) is 0 Å². The van der Waals surface area contributed by atoms with Crippen LogP contribution in [0.1, 0.15) is 63.7 Å². The van der Waals surface area contributed by atoms with Gasteiger partial charge in [0, 0.05) is 12.0 Å². The summed E-state index contributed by atoms with van der Waals surface area (Å²) in [6.45, 7) is 2.58. The number of hydrogen-bond donors (Lipinski definition) is 4. The van der Waals surface area contributed by atoms with Crippen molar-refractivity contribution >= 4 is 17.7 Å². The lowest BCUT2D eigenvalue weighted by atomic mass is 9.96. The van der Waals surface area contributed by atoms with Gasteiger partial charge in [-0.25, -0.2) is 4.79 Å². The smallest absolute Gasteiger partial charge is 0.335 e. The zero-order valence-electron chi connectivity index (χ0n) is 24.4. The molecule has 5 atom stereocenters. The second kappa shape index (κ2) is 12.2. The summed E-state index contributed by atoms with van der Waals surface area (Å²) in [4.78, 5) is 32.0. The number of unbranched alkanes of at least 4 members (excludes halogenated alkanes) is 1. The first kappa shape index (κ1) is 30.0. The molecule has 13 heteroatoms. The van der Waals surface area contributed by atoms with E-state index < -0.39 is 42.2 Å². The molecule has 4 N–H and O–H groups in total. The van der Waals surface area contributed by atoms with Gasteiger partial charge in [0.2, 0.25) is 0 Å². The Labute approximate surface area is 253 Å². The van der Waals surface area contributed by atoms with Crippen molar-refractivity contribution in [3.8, 4) is 22.5 Å². The summed E-state index contributed by atoms with van der Waals surface area (Å²) in [6, 6.07) is 15.1. The van der Waals surface area contributed by atoms with Crippen LogP contribution in [0.25, 0.3) is 22.5 Å². The van der Waals surface area contributed by atoms with Gasteiger partial charge < -0.3 is 25.2 Å². The lowest BCUT2D eigenvalue weighted by Gasteiger charge is -2.38. The van der Waals surface area contributed by atoms with Crippen molar-refractivity contribution in [3.63, 3.8) is 0 Å².